The highest BCUT2D eigenvalue weighted by molar-refractivity contribution is 7.99. The summed E-state index contributed by atoms with van der Waals surface area (Å²) in [4.78, 5) is 9.35. The van der Waals surface area contributed by atoms with Crippen molar-refractivity contribution in [2.45, 2.75) is 24.9 Å². The van der Waals surface area contributed by atoms with Crippen LogP contribution in [0.15, 0.2) is 4.52 Å². The minimum absolute atomic E-state index is 0.240. The monoisotopic (exact) mass is 311 g/mol. The fourth-order valence-electron chi connectivity index (χ4n) is 3.00. The third-order valence-corrected chi connectivity index (χ3v) is 5.40. The maximum Gasteiger partial charge on any atom is 0.228 e. The van der Waals surface area contributed by atoms with Crippen LogP contribution in [0.3, 0.4) is 0 Å². The average molecular weight is 311 g/mol. The lowest BCUT2D eigenvalue weighted by Crippen LogP contribution is -2.39. The molecule has 118 valence electrons. The summed E-state index contributed by atoms with van der Waals surface area (Å²) in [6, 6.07) is 0.704. The molecule has 1 aromatic heterocycles. The van der Waals surface area contributed by atoms with Gasteiger partial charge in [-0.15, -0.1) is 0 Å². The Balaban J connectivity index is 1.65. The molecule has 2 aliphatic heterocycles. The van der Waals surface area contributed by atoms with Crippen LogP contribution < -0.4 is 5.32 Å². The highest BCUT2D eigenvalue weighted by atomic mass is 32.2. The highest BCUT2D eigenvalue weighted by Crippen LogP contribution is 2.21. The van der Waals surface area contributed by atoms with Crippen molar-refractivity contribution in [1.82, 2.24) is 25.3 Å². The van der Waals surface area contributed by atoms with Crippen molar-refractivity contribution in [1.29, 1.82) is 0 Å². The summed E-state index contributed by atoms with van der Waals surface area (Å²) in [7, 11) is 4.31. The van der Waals surface area contributed by atoms with E-state index in [4.69, 9.17) is 4.52 Å². The van der Waals surface area contributed by atoms with Crippen LogP contribution in [0.2, 0.25) is 0 Å². The maximum absolute atomic E-state index is 5.49. The first kappa shape index (κ1) is 15.3. The van der Waals surface area contributed by atoms with E-state index in [9.17, 15) is 0 Å². The molecule has 6 nitrogen and oxygen atoms in total. The second-order valence-corrected chi connectivity index (χ2v) is 7.24. The van der Waals surface area contributed by atoms with Gasteiger partial charge in [0, 0.05) is 37.1 Å². The van der Waals surface area contributed by atoms with Gasteiger partial charge in [0.25, 0.3) is 0 Å². The van der Waals surface area contributed by atoms with Crippen molar-refractivity contribution in [3.8, 4) is 0 Å². The van der Waals surface area contributed by atoms with E-state index in [1.807, 2.05) is 11.8 Å². The number of likely N-dealkylation sites (N-methyl/N-ethyl adjacent to an activating group) is 2. The lowest BCUT2D eigenvalue weighted by molar-refractivity contribution is 0.214. The molecule has 0 bridgehead atoms. The Hall–Kier alpha value is -0.630. The van der Waals surface area contributed by atoms with Gasteiger partial charge in [-0.05, 0) is 33.6 Å². The molecule has 3 rings (SSSR count). The lowest BCUT2D eigenvalue weighted by Gasteiger charge is -2.24. The molecule has 2 aliphatic rings. The molecular weight excluding hydrogens is 286 g/mol. The third-order valence-electron chi connectivity index (χ3n) is 4.27. The average Bonchev–Trinajstić information content (AvgIpc) is 2.86. The fourth-order valence-corrected chi connectivity index (χ4v) is 3.95. The van der Waals surface area contributed by atoms with Crippen LogP contribution in [0.1, 0.15) is 24.2 Å². The SMILES string of the molecule is CN1CCCN(C)C(c2noc(CC3CSCCN3)n2)C1. The first-order valence-corrected chi connectivity index (χ1v) is 8.90. The number of nitrogens with one attached hydrogen (secondary N) is 1. The molecule has 0 spiro atoms. The Morgan fingerprint density at radius 1 is 1.38 bits per heavy atom. The first-order valence-electron chi connectivity index (χ1n) is 7.75. The Labute approximate surface area is 130 Å². The number of hydrogen-bond donors (Lipinski definition) is 1. The highest BCUT2D eigenvalue weighted by Gasteiger charge is 2.27. The van der Waals surface area contributed by atoms with Gasteiger partial charge in [-0.3, -0.25) is 4.90 Å². The molecule has 21 heavy (non-hydrogen) atoms. The van der Waals surface area contributed by atoms with E-state index < -0.39 is 0 Å². The Kier molecular flexibility index (Phi) is 5.15. The maximum atomic E-state index is 5.49. The summed E-state index contributed by atoms with van der Waals surface area (Å²) >= 11 is 1.99. The minimum atomic E-state index is 0.240. The van der Waals surface area contributed by atoms with Crippen molar-refractivity contribution < 1.29 is 4.52 Å². The second kappa shape index (κ2) is 7.09. The van der Waals surface area contributed by atoms with E-state index in [1.54, 1.807) is 0 Å². The van der Waals surface area contributed by atoms with Crippen molar-refractivity contribution in [3.05, 3.63) is 11.7 Å². The predicted octanol–water partition coefficient (Wildman–Crippen LogP) is 0.626. The Bertz CT molecular complexity index is 448. The van der Waals surface area contributed by atoms with Crippen molar-refractivity contribution in [2.24, 2.45) is 0 Å². The Morgan fingerprint density at radius 2 is 2.29 bits per heavy atom. The molecule has 0 radical (unpaired) electrons. The normalized spacial score (nSPS) is 29.4. The zero-order chi connectivity index (χ0) is 14.7. The number of thioether (sulfide) groups is 1. The number of aromatic nitrogens is 2. The summed E-state index contributed by atoms with van der Waals surface area (Å²) in [5.74, 6) is 3.93. The molecule has 3 heterocycles. The molecule has 0 amide bonds. The molecule has 2 atom stereocenters. The van der Waals surface area contributed by atoms with Crippen molar-refractivity contribution in [2.75, 3.05) is 51.8 Å². The van der Waals surface area contributed by atoms with Gasteiger partial charge in [0.15, 0.2) is 5.82 Å². The Morgan fingerprint density at radius 3 is 3.10 bits per heavy atom. The van der Waals surface area contributed by atoms with E-state index in [0.29, 0.717) is 6.04 Å². The first-order chi connectivity index (χ1) is 10.2. The van der Waals surface area contributed by atoms with Crippen LogP contribution >= 0.6 is 11.8 Å². The van der Waals surface area contributed by atoms with E-state index in [0.717, 1.165) is 50.1 Å². The lowest BCUT2D eigenvalue weighted by atomic mass is 10.2. The molecule has 7 heteroatoms. The number of hydrogen-bond acceptors (Lipinski definition) is 7. The van der Waals surface area contributed by atoms with Gasteiger partial charge in [-0.2, -0.15) is 16.7 Å². The number of rotatable bonds is 3. The van der Waals surface area contributed by atoms with Crippen LogP contribution in [-0.2, 0) is 6.42 Å². The summed E-state index contributed by atoms with van der Waals surface area (Å²) in [6.45, 7) is 4.26. The standard InChI is InChI=1S/C14H25N5OS/c1-18-5-3-6-19(2)12(9-18)14-16-13(20-17-14)8-11-10-21-7-4-15-11/h11-12,15H,3-10H2,1-2H3. The van der Waals surface area contributed by atoms with Crippen LogP contribution in [0.5, 0.6) is 0 Å². The van der Waals surface area contributed by atoms with Gasteiger partial charge in [-0.25, -0.2) is 0 Å². The topological polar surface area (TPSA) is 57.4 Å². The molecule has 0 aromatic carbocycles. The quantitative estimate of drug-likeness (QED) is 0.878. The summed E-state index contributed by atoms with van der Waals surface area (Å²) in [5, 5.41) is 7.76. The fraction of sp³-hybridized carbons (Fsp3) is 0.857. The summed E-state index contributed by atoms with van der Waals surface area (Å²) in [5.41, 5.74) is 0. The van der Waals surface area contributed by atoms with E-state index in [-0.39, 0.29) is 6.04 Å². The zero-order valence-electron chi connectivity index (χ0n) is 12.9. The number of nitrogens with zero attached hydrogens (tertiary/aromatic N) is 4. The van der Waals surface area contributed by atoms with Gasteiger partial charge in [0.05, 0.1) is 6.04 Å². The van der Waals surface area contributed by atoms with Crippen LogP contribution in [0.4, 0.5) is 0 Å². The molecule has 1 aromatic rings. The second-order valence-electron chi connectivity index (χ2n) is 6.09. The van der Waals surface area contributed by atoms with Crippen LogP contribution in [0, 0.1) is 0 Å². The predicted molar refractivity (Wildman–Crippen MR) is 84.6 cm³/mol. The molecule has 0 saturated carbocycles. The van der Waals surface area contributed by atoms with E-state index in [1.165, 1.54) is 12.2 Å². The van der Waals surface area contributed by atoms with Crippen molar-refractivity contribution in [3.63, 3.8) is 0 Å². The van der Waals surface area contributed by atoms with Gasteiger partial charge in [0.1, 0.15) is 0 Å². The molecule has 0 aliphatic carbocycles. The van der Waals surface area contributed by atoms with Gasteiger partial charge < -0.3 is 14.7 Å². The molecule has 2 fully saturated rings. The molecular formula is C14H25N5OS. The van der Waals surface area contributed by atoms with E-state index >= 15 is 0 Å². The third kappa shape index (κ3) is 3.97. The molecule has 2 saturated heterocycles. The molecule has 1 N–H and O–H groups in total. The summed E-state index contributed by atoms with van der Waals surface area (Å²) < 4.78 is 5.49. The largest absolute Gasteiger partial charge is 0.339 e. The minimum Gasteiger partial charge on any atom is -0.339 e. The van der Waals surface area contributed by atoms with Gasteiger partial charge in [0.2, 0.25) is 5.89 Å². The van der Waals surface area contributed by atoms with Crippen LogP contribution in [-0.4, -0.2) is 77.8 Å². The van der Waals surface area contributed by atoms with Gasteiger partial charge >= 0.3 is 0 Å². The van der Waals surface area contributed by atoms with Gasteiger partial charge in [-0.1, -0.05) is 5.16 Å². The van der Waals surface area contributed by atoms with E-state index in [2.05, 4.69) is 39.4 Å². The summed E-state index contributed by atoms with van der Waals surface area (Å²) in [6.07, 6.45) is 2.03. The smallest absolute Gasteiger partial charge is 0.228 e. The zero-order valence-corrected chi connectivity index (χ0v) is 13.7. The van der Waals surface area contributed by atoms with Crippen molar-refractivity contribution >= 4 is 11.8 Å². The van der Waals surface area contributed by atoms with Crippen LogP contribution in [0.25, 0.3) is 0 Å². The molecule has 2 unspecified atom stereocenters.